The Balaban J connectivity index is 2.30. The first-order chi connectivity index (χ1) is 5.83. The molecule has 1 saturated carbocycles. The first-order valence-electron chi connectivity index (χ1n) is 4.62. The molecule has 12 heavy (non-hydrogen) atoms. The Labute approximate surface area is 74.4 Å². The molecule has 0 heterocycles. The first-order valence-corrected chi connectivity index (χ1v) is 4.62. The second-order valence-electron chi connectivity index (χ2n) is 3.53. The zero-order valence-electron chi connectivity index (χ0n) is 7.47. The zero-order chi connectivity index (χ0) is 8.86. The molecule has 0 saturated heterocycles. The second-order valence-corrected chi connectivity index (χ2v) is 3.53. The quantitative estimate of drug-likeness (QED) is 0.482. The van der Waals surface area contributed by atoms with E-state index in [0.29, 0.717) is 0 Å². The van der Waals surface area contributed by atoms with Gasteiger partial charge in [0.25, 0.3) is 0 Å². The third kappa shape index (κ3) is 2.23. The molecule has 0 amide bonds. The average Bonchev–Trinajstić information content (AvgIpc) is 2.55. The lowest BCUT2D eigenvalue weighted by molar-refractivity contribution is 0.165. The standard InChI is InChI=1S/C10H17NO/c1-2-3-8-11-10(9-12)6-4-5-7-10/h1,11-12H,3-9H2. The van der Waals surface area contributed by atoms with Gasteiger partial charge in [-0.3, -0.25) is 0 Å². The minimum Gasteiger partial charge on any atom is -0.394 e. The van der Waals surface area contributed by atoms with E-state index >= 15 is 0 Å². The van der Waals surface area contributed by atoms with E-state index < -0.39 is 0 Å². The van der Waals surface area contributed by atoms with Crippen molar-refractivity contribution in [1.82, 2.24) is 5.32 Å². The van der Waals surface area contributed by atoms with Crippen LogP contribution in [-0.2, 0) is 0 Å². The van der Waals surface area contributed by atoms with Crippen molar-refractivity contribution in [1.29, 1.82) is 0 Å². The molecule has 0 aromatic rings. The van der Waals surface area contributed by atoms with Gasteiger partial charge >= 0.3 is 0 Å². The van der Waals surface area contributed by atoms with Crippen molar-refractivity contribution in [2.24, 2.45) is 0 Å². The largest absolute Gasteiger partial charge is 0.394 e. The topological polar surface area (TPSA) is 32.3 Å². The summed E-state index contributed by atoms with van der Waals surface area (Å²) in [5.41, 5.74) is -0.00312. The number of aliphatic hydroxyl groups is 1. The van der Waals surface area contributed by atoms with Gasteiger partial charge in [0.15, 0.2) is 0 Å². The molecule has 0 aliphatic heterocycles. The highest BCUT2D eigenvalue weighted by Gasteiger charge is 2.31. The molecule has 1 rings (SSSR count). The molecule has 0 bridgehead atoms. The maximum absolute atomic E-state index is 9.20. The highest BCUT2D eigenvalue weighted by Crippen LogP contribution is 2.28. The molecule has 0 aromatic heterocycles. The number of hydrogen-bond acceptors (Lipinski definition) is 2. The molecule has 0 radical (unpaired) electrons. The van der Waals surface area contributed by atoms with E-state index in [1.54, 1.807) is 0 Å². The van der Waals surface area contributed by atoms with Crippen LogP contribution in [0.4, 0.5) is 0 Å². The Bertz CT molecular complexity index is 165. The molecule has 0 spiro atoms. The van der Waals surface area contributed by atoms with Gasteiger partial charge in [-0.1, -0.05) is 12.8 Å². The van der Waals surface area contributed by atoms with Crippen LogP contribution in [0.2, 0.25) is 0 Å². The Hall–Kier alpha value is -0.520. The van der Waals surface area contributed by atoms with Crippen molar-refractivity contribution in [2.45, 2.75) is 37.6 Å². The van der Waals surface area contributed by atoms with Crippen LogP contribution in [0.5, 0.6) is 0 Å². The molecule has 0 atom stereocenters. The van der Waals surface area contributed by atoms with Crippen LogP contribution >= 0.6 is 0 Å². The van der Waals surface area contributed by atoms with Gasteiger partial charge in [-0.25, -0.2) is 0 Å². The Morgan fingerprint density at radius 2 is 2.08 bits per heavy atom. The highest BCUT2D eigenvalue weighted by molar-refractivity contribution is 4.94. The summed E-state index contributed by atoms with van der Waals surface area (Å²) >= 11 is 0. The number of aliphatic hydroxyl groups excluding tert-OH is 1. The van der Waals surface area contributed by atoms with Crippen LogP contribution < -0.4 is 5.32 Å². The molecule has 0 unspecified atom stereocenters. The van der Waals surface area contributed by atoms with Crippen LogP contribution in [0.15, 0.2) is 0 Å². The van der Waals surface area contributed by atoms with E-state index in [1.807, 2.05) is 0 Å². The van der Waals surface area contributed by atoms with Crippen molar-refractivity contribution in [3.63, 3.8) is 0 Å². The second kappa shape index (κ2) is 4.49. The molecule has 1 aliphatic rings. The minimum atomic E-state index is -0.00312. The van der Waals surface area contributed by atoms with Crippen molar-refractivity contribution < 1.29 is 5.11 Å². The molecule has 68 valence electrons. The first kappa shape index (κ1) is 9.57. The maximum Gasteiger partial charge on any atom is 0.0613 e. The number of hydrogen-bond donors (Lipinski definition) is 2. The Morgan fingerprint density at radius 1 is 1.42 bits per heavy atom. The van der Waals surface area contributed by atoms with Crippen LogP contribution in [0.3, 0.4) is 0 Å². The number of nitrogens with one attached hydrogen (secondary N) is 1. The predicted molar refractivity (Wildman–Crippen MR) is 49.7 cm³/mol. The van der Waals surface area contributed by atoms with Gasteiger partial charge in [-0.15, -0.1) is 12.3 Å². The molecule has 1 fully saturated rings. The fraction of sp³-hybridized carbons (Fsp3) is 0.800. The summed E-state index contributed by atoms with van der Waals surface area (Å²) in [6.07, 6.45) is 10.5. The smallest absolute Gasteiger partial charge is 0.0613 e. The van der Waals surface area contributed by atoms with Gasteiger partial charge in [0.1, 0.15) is 0 Å². The van der Waals surface area contributed by atoms with Crippen molar-refractivity contribution in [3.05, 3.63) is 0 Å². The third-order valence-corrected chi connectivity index (χ3v) is 2.63. The summed E-state index contributed by atoms with van der Waals surface area (Å²) in [6.45, 7) is 1.08. The van der Waals surface area contributed by atoms with Gasteiger partial charge < -0.3 is 10.4 Å². The van der Waals surface area contributed by atoms with E-state index in [0.717, 1.165) is 25.8 Å². The van der Waals surface area contributed by atoms with Crippen LogP contribution in [0.25, 0.3) is 0 Å². The summed E-state index contributed by atoms with van der Waals surface area (Å²) in [6, 6.07) is 0. The van der Waals surface area contributed by atoms with Crippen LogP contribution in [0, 0.1) is 12.3 Å². The van der Waals surface area contributed by atoms with E-state index in [2.05, 4.69) is 11.2 Å². The summed E-state index contributed by atoms with van der Waals surface area (Å²) in [4.78, 5) is 0. The SMILES string of the molecule is C#CCCNC1(CO)CCCC1. The lowest BCUT2D eigenvalue weighted by atomic mass is 9.99. The molecule has 2 nitrogen and oxygen atoms in total. The van der Waals surface area contributed by atoms with Gasteiger partial charge in [0, 0.05) is 18.5 Å². The summed E-state index contributed by atoms with van der Waals surface area (Å²) in [5, 5.41) is 12.6. The van der Waals surface area contributed by atoms with E-state index in [1.165, 1.54) is 12.8 Å². The van der Waals surface area contributed by atoms with Crippen LogP contribution in [-0.4, -0.2) is 23.8 Å². The third-order valence-electron chi connectivity index (χ3n) is 2.63. The predicted octanol–water partition coefficient (Wildman–Crippen LogP) is 0.904. The Kier molecular flexibility index (Phi) is 3.58. The fourth-order valence-corrected chi connectivity index (χ4v) is 1.84. The fourth-order valence-electron chi connectivity index (χ4n) is 1.84. The Morgan fingerprint density at radius 3 is 2.58 bits per heavy atom. The summed E-state index contributed by atoms with van der Waals surface area (Å²) in [7, 11) is 0. The normalized spacial score (nSPS) is 20.7. The summed E-state index contributed by atoms with van der Waals surface area (Å²) < 4.78 is 0. The molecule has 2 heteroatoms. The van der Waals surface area contributed by atoms with E-state index in [4.69, 9.17) is 6.42 Å². The molecule has 1 aliphatic carbocycles. The zero-order valence-corrected chi connectivity index (χ0v) is 7.47. The summed E-state index contributed by atoms with van der Waals surface area (Å²) in [5.74, 6) is 2.59. The van der Waals surface area contributed by atoms with Crippen molar-refractivity contribution in [3.8, 4) is 12.3 Å². The number of terminal acetylenes is 1. The van der Waals surface area contributed by atoms with E-state index in [-0.39, 0.29) is 12.1 Å². The van der Waals surface area contributed by atoms with Crippen LogP contribution in [0.1, 0.15) is 32.1 Å². The highest BCUT2D eigenvalue weighted by atomic mass is 16.3. The van der Waals surface area contributed by atoms with E-state index in [9.17, 15) is 5.11 Å². The lowest BCUT2D eigenvalue weighted by Crippen LogP contribution is -2.46. The monoisotopic (exact) mass is 167 g/mol. The van der Waals surface area contributed by atoms with Crippen molar-refractivity contribution >= 4 is 0 Å². The van der Waals surface area contributed by atoms with Gasteiger partial charge in [0.05, 0.1) is 6.61 Å². The maximum atomic E-state index is 9.20. The lowest BCUT2D eigenvalue weighted by Gasteiger charge is -2.27. The molecular weight excluding hydrogens is 150 g/mol. The molecular formula is C10H17NO. The van der Waals surface area contributed by atoms with Crippen molar-refractivity contribution in [2.75, 3.05) is 13.2 Å². The van der Waals surface area contributed by atoms with Gasteiger partial charge in [-0.2, -0.15) is 0 Å². The minimum absolute atomic E-state index is 0.00312. The van der Waals surface area contributed by atoms with Gasteiger partial charge in [-0.05, 0) is 12.8 Å². The number of rotatable bonds is 4. The molecule has 2 N–H and O–H groups in total. The average molecular weight is 167 g/mol. The molecule has 0 aromatic carbocycles. The van der Waals surface area contributed by atoms with Gasteiger partial charge in [0.2, 0.25) is 0 Å².